The molecule has 0 amide bonds. The lowest BCUT2D eigenvalue weighted by molar-refractivity contribution is -0.146. The van der Waals surface area contributed by atoms with Gasteiger partial charge in [-0.25, -0.2) is 4.79 Å². The van der Waals surface area contributed by atoms with Crippen LogP contribution >= 0.6 is 0 Å². The third-order valence-electron chi connectivity index (χ3n) is 3.34. The van der Waals surface area contributed by atoms with Crippen molar-refractivity contribution in [1.29, 1.82) is 0 Å². The molecule has 0 fully saturated rings. The zero-order valence-corrected chi connectivity index (χ0v) is 13.5. The van der Waals surface area contributed by atoms with E-state index in [0.29, 0.717) is 25.7 Å². The Morgan fingerprint density at radius 1 is 1.14 bits per heavy atom. The van der Waals surface area contributed by atoms with E-state index in [1.807, 2.05) is 44.2 Å². The summed E-state index contributed by atoms with van der Waals surface area (Å²) in [4.78, 5) is 12.3. The van der Waals surface area contributed by atoms with E-state index < -0.39 is 6.04 Å². The van der Waals surface area contributed by atoms with Crippen LogP contribution in [-0.4, -0.2) is 31.8 Å². The van der Waals surface area contributed by atoms with Gasteiger partial charge in [-0.2, -0.15) is 0 Å². The SMILES string of the molecule is CCOCC(NC(C(=O)OCC)c1ccccc1)C(C)C. The Bertz CT molecular complexity index is 406. The molecule has 0 radical (unpaired) electrons. The molecule has 1 aromatic rings. The van der Waals surface area contributed by atoms with E-state index in [4.69, 9.17) is 9.47 Å². The molecule has 0 aliphatic carbocycles. The normalized spacial score (nSPS) is 14.0. The minimum Gasteiger partial charge on any atom is -0.465 e. The smallest absolute Gasteiger partial charge is 0.327 e. The monoisotopic (exact) mass is 293 g/mol. The zero-order valence-electron chi connectivity index (χ0n) is 13.5. The Kier molecular flexibility index (Phi) is 8.01. The first-order valence-electron chi connectivity index (χ1n) is 7.65. The lowest BCUT2D eigenvalue weighted by Crippen LogP contribution is -2.43. The largest absolute Gasteiger partial charge is 0.465 e. The van der Waals surface area contributed by atoms with E-state index in [1.165, 1.54) is 0 Å². The van der Waals surface area contributed by atoms with Gasteiger partial charge in [0, 0.05) is 12.6 Å². The van der Waals surface area contributed by atoms with E-state index in [-0.39, 0.29) is 12.0 Å². The standard InChI is InChI=1S/C17H27NO3/c1-5-20-12-15(13(3)4)18-16(17(19)21-6-2)14-10-8-7-9-11-14/h7-11,13,15-16,18H,5-6,12H2,1-4H3. The lowest BCUT2D eigenvalue weighted by atomic mass is 10.0. The number of esters is 1. The van der Waals surface area contributed by atoms with Crippen molar-refractivity contribution in [2.75, 3.05) is 19.8 Å². The fraction of sp³-hybridized carbons (Fsp3) is 0.588. The van der Waals surface area contributed by atoms with Crippen LogP contribution in [0.1, 0.15) is 39.3 Å². The van der Waals surface area contributed by atoms with Crippen molar-refractivity contribution < 1.29 is 14.3 Å². The van der Waals surface area contributed by atoms with Crippen LogP contribution < -0.4 is 5.32 Å². The molecule has 0 aliphatic rings. The molecule has 4 nitrogen and oxygen atoms in total. The number of hydrogen-bond donors (Lipinski definition) is 1. The molecule has 2 atom stereocenters. The fourth-order valence-electron chi connectivity index (χ4n) is 2.06. The Morgan fingerprint density at radius 3 is 2.33 bits per heavy atom. The van der Waals surface area contributed by atoms with Crippen molar-refractivity contribution >= 4 is 5.97 Å². The molecule has 0 saturated carbocycles. The number of rotatable bonds is 9. The van der Waals surface area contributed by atoms with Gasteiger partial charge < -0.3 is 9.47 Å². The van der Waals surface area contributed by atoms with E-state index in [0.717, 1.165) is 5.56 Å². The van der Waals surface area contributed by atoms with Crippen LogP contribution in [0.3, 0.4) is 0 Å². The second-order valence-corrected chi connectivity index (χ2v) is 5.27. The van der Waals surface area contributed by atoms with Gasteiger partial charge in [0.1, 0.15) is 6.04 Å². The summed E-state index contributed by atoms with van der Waals surface area (Å²) in [5.41, 5.74) is 0.915. The Balaban J connectivity index is 2.87. The maximum atomic E-state index is 12.3. The molecule has 21 heavy (non-hydrogen) atoms. The maximum Gasteiger partial charge on any atom is 0.327 e. The molecule has 0 aromatic heterocycles. The molecule has 0 heterocycles. The molecule has 1 rings (SSSR count). The Labute approximate surface area is 127 Å². The molecule has 2 unspecified atom stereocenters. The van der Waals surface area contributed by atoms with Crippen LogP contribution in [0.4, 0.5) is 0 Å². The Hall–Kier alpha value is -1.39. The maximum absolute atomic E-state index is 12.3. The highest BCUT2D eigenvalue weighted by atomic mass is 16.5. The summed E-state index contributed by atoms with van der Waals surface area (Å²) in [5.74, 6) is 0.114. The van der Waals surface area contributed by atoms with Gasteiger partial charge in [-0.3, -0.25) is 5.32 Å². The molecular formula is C17H27NO3. The second kappa shape index (κ2) is 9.53. The second-order valence-electron chi connectivity index (χ2n) is 5.27. The highest BCUT2D eigenvalue weighted by Crippen LogP contribution is 2.17. The molecule has 1 N–H and O–H groups in total. The van der Waals surface area contributed by atoms with Gasteiger partial charge in [0.05, 0.1) is 13.2 Å². The van der Waals surface area contributed by atoms with Crippen molar-refractivity contribution in [3.63, 3.8) is 0 Å². The summed E-state index contributed by atoms with van der Waals surface area (Å²) < 4.78 is 10.7. The number of nitrogens with one attached hydrogen (secondary N) is 1. The van der Waals surface area contributed by atoms with Gasteiger partial charge in [-0.05, 0) is 25.3 Å². The van der Waals surface area contributed by atoms with Gasteiger partial charge >= 0.3 is 5.97 Å². The summed E-state index contributed by atoms with van der Waals surface area (Å²) in [6.45, 7) is 9.64. The van der Waals surface area contributed by atoms with Crippen molar-refractivity contribution in [2.45, 2.75) is 39.8 Å². The third-order valence-corrected chi connectivity index (χ3v) is 3.34. The van der Waals surface area contributed by atoms with Crippen LogP contribution in [-0.2, 0) is 14.3 Å². The summed E-state index contributed by atoms with van der Waals surface area (Å²) in [6.07, 6.45) is 0. The molecule has 0 aliphatic heterocycles. The van der Waals surface area contributed by atoms with Crippen LogP contribution in [0.15, 0.2) is 30.3 Å². The lowest BCUT2D eigenvalue weighted by Gasteiger charge is -2.27. The predicted octanol–water partition coefficient (Wildman–Crippen LogP) is 2.94. The molecule has 0 spiro atoms. The van der Waals surface area contributed by atoms with Gasteiger partial charge in [0.25, 0.3) is 0 Å². The number of benzene rings is 1. The predicted molar refractivity (Wildman–Crippen MR) is 84.1 cm³/mol. The quantitative estimate of drug-likeness (QED) is 0.711. The molecule has 118 valence electrons. The third kappa shape index (κ3) is 5.86. The van der Waals surface area contributed by atoms with Crippen LogP contribution in [0.5, 0.6) is 0 Å². The van der Waals surface area contributed by atoms with E-state index in [2.05, 4.69) is 19.2 Å². The molecule has 0 bridgehead atoms. The number of carbonyl (C=O) groups is 1. The van der Waals surface area contributed by atoms with Crippen LogP contribution in [0.25, 0.3) is 0 Å². The summed E-state index contributed by atoms with van der Waals surface area (Å²) in [7, 11) is 0. The minimum absolute atomic E-state index is 0.0968. The van der Waals surface area contributed by atoms with Crippen LogP contribution in [0.2, 0.25) is 0 Å². The first-order chi connectivity index (χ1) is 10.1. The highest BCUT2D eigenvalue weighted by Gasteiger charge is 2.26. The minimum atomic E-state index is -0.459. The highest BCUT2D eigenvalue weighted by molar-refractivity contribution is 5.77. The number of hydrogen-bond acceptors (Lipinski definition) is 4. The molecule has 0 saturated heterocycles. The Morgan fingerprint density at radius 2 is 1.81 bits per heavy atom. The number of carbonyl (C=O) groups excluding carboxylic acids is 1. The fourth-order valence-corrected chi connectivity index (χ4v) is 2.06. The zero-order chi connectivity index (χ0) is 15.7. The van der Waals surface area contributed by atoms with Crippen molar-refractivity contribution in [3.05, 3.63) is 35.9 Å². The van der Waals surface area contributed by atoms with Gasteiger partial charge in [-0.1, -0.05) is 44.2 Å². The van der Waals surface area contributed by atoms with Crippen molar-refractivity contribution in [2.24, 2.45) is 5.92 Å². The van der Waals surface area contributed by atoms with Gasteiger partial charge in [0.2, 0.25) is 0 Å². The summed E-state index contributed by atoms with van der Waals surface area (Å²) in [5, 5.41) is 3.39. The molecular weight excluding hydrogens is 266 g/mol. The van der Waals surface area contributed by atoms with E-state index in [9.17, 15) is 4.79 Å². The topological polar surface area (TPSA) is 47.6 Å². The van der Waals surface area contributed by atoms with E-state index >= 15 is 0 Å². The molecule has 4 heteroatoms. The first kappa shape index (κ1) is 17.7. The van der Waals surface area contributed by atoms with E-state index in [1.54, 1.807) is 0 Å². The average Bonchev–Trinajstić information content (AvgIpc) is 2.48. The van der Waals surface area contributed by atoms with Gasteiger partial charge in [0.15, 0.2) is 0 Å². The number of ether oxygens (including phenoxy) is 2. The van der Waals surface area contributed by atoms with Crippen LogP contribution in [0, 0.1) is 5.92 Å². The first-order valence-corrected chi connectivity index (χ1v) is 7.65. The molecule has 1 aromatic carbocycles. The van der Waals surface area contributed by atoms with Crippen molar-refractivity contribution in [3.8, 4) is 0 Å². The summed E-state index contributed by atoms with van der Waals surface area (Å²) in [6, 6.07) is 9.30. The summed E-state index contributed by atoms with van der Waals surface area (Å²) >= 11 is 0. The average molecular weight is 293 g/mol. The van der Waals surface area contributed by atoms with Crippen molar-refractivity contribution in [1.82, 2.24) is 5.32 Å². The van der Waals surface area contributed by atoms with Gasteiger partial charge in [-0.15, -0.1) is 0 Å².